The molecule has 0 radical (unpaired) electrons. The fraction of sp³-hybridized carbons (Fsp3) is 0.364. The quantitative estimate of drug-likeness (QED) is 0.692. The number of halogens is 3. The normalized spacial score (nSPS) is 18.6. The Morgan fingerprint density at radius 3 is 2.00 bits per heavy atom. The maximum absolute atomic E-state index is 12.2. The Bertz CT molecular complexity index is 374. The van der Waals surface area contributed by atoms with Gasteiger partial charge in [-0.25, -0.2) is 0 Å². The first-order valence-corrected chi connectivity index (χ1v) is 4.62. The number of benzene rings is 1. The van der Waals surface area contributed by atoms with Crippen molar-refractivity contribution in [3.8, 4) is 0 Å². The van der Waals surface area contributed by atoms with Crippen molar-refractivity contribution in [2.24, 2.45) is 0 Å². The SMILES string of the molecule is O=CC1(c2ccc(C(F)(F)F)cc2)CC1. The third kappa shape index (κ3) is 1.76. The van der Waals surface area contributed by atoms with Gasteiger partial charge in [-0.05, 0) is 30.5 Å². The van der Waals surface area contributed by atoms with Crippen molar-refractivity contribution in [1.29, 1.82) is 0 Å². The van der Waals surface area contributed by atoms with Crippen LogP contribution in [0, 0.1) is 0 Å². The van der Waals surface area contributed by atoms with Crippen molar-refractivity contribution in [2.45, 2.75) is 24.4 Å². The molecule has 0 heterocycles. The van der Waals surface area contributed by atoms with Crippen molar-refractivity contribution in [1.82, 2.24) is 0 Å². The summed E-state index contributed by atoms with van der Waals surface area (Å²) < 4.78 is 36.7. The van der Waals surface area contributed by atoms with Crippen LogP contribution in [0.15, 0.2) is 24.3 Å². The smallest absolute Gasteiger partial charge is 0.302 e. The molecule has 80 valence electrons. The van der Waals surface area contributed by atoms with E-state index in [0.717, 1.165) is 31.3 Å². The fourth-order valence-electron chi connectivity index (χ4n) is 1.60. The Labute approximate surface area is 84.9 Å². The molecule has 0 amide bonds. The summed E-state index contributed by atoms with van der Waals surface area (Å²) >= 11 is 0. The highest BCUT2D eigenvalue weighted by molar-refractivity contribution is 5.73. The molecule has 0 spiro atoms. The van der Waals surface area contributed by atoms with Gasteiger partial charge in [0.15, 0.2) is 0 Å². The van der Waals surface area contributed by atoms with Gasteiger partial charge in [0.05, 0.1) is 11.0 Å². The molecule has 1 saturated carbocycles. The van der Waals surface area contributed by atoms with Crippen molar-refractivity contribution in [3.05, 3.63) is 35.4 Å². The summed E-state index contributed by atoms with van der Waals surface area (Å²) in [6.07, 6.45) is -2.00. The lowest BCUT2D eigenvalue weighted by atomic mass is 9.97. The molecule has 1 aromatic carbocycles. The minimum absolute atomic E-state index is 0.496. The number of alkyl halides is 3. The zero-order chi connectivity index (χ0) is 11.1. The molecule has 1 aliphatic rings. The number of carbonyl (C=O) groups excluding carboxylic acids is 1. The Kier molecular flexibility index (Phi) is 2.10. The van der Waals surface area contributed by atoms with Crippen LogP contribution in [-0.2, 0) is 16.4 Å². The van der Waals surface area contributed by atoms with Crippen LogP contribution in [0.4, 0.5) is 13.2 Å². The number of rotatable bonds is 2. The predicted octanol–water partition coefficient (Wildman–Crippen LogP) is 2.94. The fourth-order valence-corrected chi connectivity index (χ4v) is 1.60. The van der Waals surface area contributed by atoms with Gasteiger partial charge in [-0.2, -0.15) is 13.2 Å². The van der Waals surface area contributed by atoms with E-state index in [0.29, 0.717) is 5.56 Å². The van der Waals surface area contributed by atoms with E-state index >= 15 is 0 Å². The molecule has 4 heteroatoms. The molecule has 1 nitrogen and oxygen atoms in total. The lowest BCUT2D eigenvalue weighted by Gasteiger charge is -2.10. The highest BCUT2D eigenvalue weighted by Gasteiger charge is 2.44. The summed E-state index contributed by atoms with van der Waals surface area (Å²) in [4.78, 5) is 10.7. The largest absolute Gasteiger partial charge is 0.416 e. The van der Waals surface area contributed by atoms with Gasteiger partial charge in [0.1, 0.15) is 6.29 Å². The Hall–Kier alpha value is -1.32. The molecule has 0 N–H and O–H groups in total. The molecule has 15 heavy (non-hydrogen) atoms. The van der Waals surface area contributed by atoms with Crippen LogP contribution in [0.2, 0.25) is 0 Å². The summed E-state index contributed by atoms with van der Waals surface area (Å²) in [7, 11) is 0. The van der Waals surface area contributed by atoms with Crippen LogP contribution in [0.3, 0.4) is 0 Å². The zero-order valence-electron chi connectivity index (χ0n) is 7.84. The topological polar surface area (TPSA) is 17.1 Å². The molecule has 1 fully saturated rings. The van der Waals surface area contributed by atoms with E-state index in [2.05, 4.69) is 0 Å². The molecular weight excluding hydrogens is 205 g/mol. The van der Waals surface area contributed by atoms with Crippen molar-refractivity contribution in [3.63, 3.8) is 0 Å². The van der Waals surface area contributed by atoms with Crippen LogP contribution in [0.25, 0.3) is 0 Å². The first-order valence-electron chi connectivity index (χ1n) is 4.62. The Morgan fingerprint density at radius 2 is 1.67 bits per heavy atom. The van der Waals surface area contributed by atoms with Crippen LogP contribution in [0.5, 0.6) is 0 Å². The minimum atomic E-state index is -4.31. The van der Waals surface area contributed by atoms with E-state index in [4.69, 9.17) is 0 Å². The number of carbonyl (C=O) groups is 1. The molecule has 0 saturated heterocycles. The van der Waals surface area contributed by atoms with Crippen LogP contribution in [0.1, 0.15) is 24.0 Å². The highest BCUT2D eigenvalue weighted by atomic mass is 19.4. The van der Waals surface area contributed by atoms with E-state index in [1.54, 1.807) is 0 Å². The zero-order valence-corrected chi connectivity index (χ0v) is 7.84. The second kappa shape index (κ2) is 3.08. The number of hydrogen-bond donors (Lipinski definition) is 0. The molecule has 0 atom stereocenters. The van der Waals surface area contributed by atoms with Crippen molar-refractivity contribution >= 4 is 6.29 Å². The van der Waals surface area contributed by atoms with Gasteiger partial charge in [-0.3, -0.25) is 0 Å². The van der Waals surface area contributed by atoms with E-state index in [1.165, 1.54) is 12.1 Å². The standard InChI is InChI=1S/C11H9F3O/c12-11(13,14)9-3-1-8(2-4-9)10(7-15)5-6-10/h1-4,7H,5-6H2. The van der Waals surface area contributed by atoms with E-state index < -0.39 is 17.2 Å². The molecule has 1 aliphatic carbocycles. The van der Waals surface area contributed by atoms with Gasteiger partial charge < -0.3 is 4.79 Å². The van der Waals surface area contributed by atoms with Gasteiger partial charge in [-0.1, -0.05) is 12.1 Å². The lowest BCUT2D eigenvalue weighted by Crippen LogP contribution is -2.09. The first-order chi connectivity index (χ1) is 6.98. The van der Waals surface area contributed by atoms with E-state index in [-0.39, 0.29) is 0 Å². The van der Waals surface area contributed by atoms with Crippen LogP contribution >= 0.6 is 0 Å². The first kappa shape index (κ1) is 10.2. The molecular formula is C11H9F3O. The second-order valence-electron chi connectivity index (χ2n) is 3.85. The third-order valence-electron chi connectivity index (χ3n) is 2.80. The average molecular weight is 214 g/mol. The molecule has 2 rings (SSSR count). The maximum atomic E-state index is 12.2. The van der Waals surface area contributed by atoms with Gasteiger partial charge >= 0.3 is 6.18 Å². The van der Waals surface area contributed by atoms with Crippen molar-refractivity contribution in [2.75, 3.05) is 0 Å². The molecule has 0 bridgehead atoms. The average Bonchev–Trinajstić information content (AvgIpc) is 2.97. The summed E-state index contributed by atoms with van der Waals surface area (Å²) in [6.45, 7) is 0. The third-order valence-corrected chi connectivity index (χ3v) is 2.80. The van der Waals surface area contributed by atoms with E-state index in [1.807, 2.05) is 0 Å². The minimum Gasteiger partial charge on any atom is -0.302 e. The molecule has 0 aliphatic heterocycles. The lowest BCUT2D eigenvalue weighted by molar-refractivity contribution is -0.137. The number of hydrogen-bond acceptors (Lipinski definition) is 1. The summed E-state index contributed by atoms with van der Waals surface area (Å²) in [6, 6.07) is 4.84. The van der Waals surface area contributed by atoms with Gasteiger partial charge in [0.2, 0.25) is 0 Å². The van der Waals surface area contributed by atoms with Gasteiger partial charge in [0, 0.05) is 0 Å². The Balaban J connectivity index is 2.29. The van der Waals surface area contributed by atoms with Crippen LogP contribution < -0.4 is 0 Å². The highest BCUT2D eigenvalue weighted by Crippen LogP contribution is 2.46. The maximum Gasteiger partial charge on any atom is 0.416 e. The van der Waals surface area contributed by atoms with Crippen LogP contribution in [-0.4, -0.2) is 6.29 Å². The van der Waals surface area contributed by atoms with Gasteiger partial charge in [0.25, 0.3) is 0 Å². The monoisotopic (exact) mass is 214 g/mol. The summed E-state index contributed by atoms with van der Waals surface area (Å²) in [5.41, 5.74) is -0.483. The Morgan fingerprint density at radius 1 is 1.13 bits per heavy atom. The predicted molar refractivity (Wildman–Crippen MR) is 48.4 cm³/mol. The van der Waals surface area contributed by atoms with Gasteiger partial charge in [-0.15, -0.1) is 0 Å². The second-order valence-corrected chi connectivity index (χ2v) is 3.85. The molecule has 1 aromatic rings. The molecule has 0 aromatic heterocycles. The summed E-state index contributed by atoms with van der Waals surface area (Å²) in [5.74, 6) is 0. The van der Waals surface area contributed by atoms with E-state index in [9.17, 15) is 18.0 Å². The number of aldehydes is 1. The summed E-state index contributed by atoms with van der Waals surface area (Å²) in [5, 5.41) is 0. The molecule has 0 unspecified atom stereocenters. The van der Waals surface area contributed by atoms with Crippen molar-refractivity contribution < 1.29 is 18.0 Å².